The van der Waals surface area contributed by atoms with Gasteiger partial charge in [0.1, 0.15) is 6.10 Å². The fraction of sp³-hybridized carbons (Fsp3) is 0.818. The van der Waals surface area contributed by atoms with Gasteiger partial charge in [-0.25, -0.2) is 4.79 Å². The number of nitrogens with one attached hydrogen (secondary N) is 1. The highest BCUT2D eigenvalue weighted by Gasteiger charge is 2.35. The van der Waals surface area contributed by atoms with Crippen molar-refractivity contribution in [3.8, 4) is 0 Å². The van der Waals surface area contributed by atoms with Gasteiger partial charge >= 0.3 is 5.97 Å². The molecule has 0 aromatic rings. The van der Waals surface area contributed by atoms with E-state index in [9.17, 15) is 13.8 Å². The molecule has 2 atom stereocenters. The molecule has 2 aliphatic heterocycles. The van der Waals surface area contributed by atoms with Crippen LogP contribution < -0.4 is 5.32 Å². The van der Waals surface area contributed by atoms with Gasteiger partial charge in [-0.05, 0) is 25.7 Å². The van der Waals surface area contributed by atoms with E-state index in [0.29, 0.717) is 37.2 Å². The fourth-order valence-corrected chi connectivity index (χ4v) is 3.54. The molecule has 2 fully saturated rings. The summed E-state index contributed by atoms with van der Waals surface area (Å²) in [6.45, 7) is 0. The highest BCUT2D eigenvalue weighted by molar-refractivity contribution is 7.85. The summed E-state index contributed by atoms with van der Waals surface area (Å²) in [6, 6.07) is 0.0441. The zero-order valence-corrected chi connectivity index (χ0v) is 10.8. The van der Waals surface area contributed by atoms with Gasteiger partial charge in [-0.1, -0.05) is 0 Å². The third-order valence-corrected chi connectivity index (χ3v) is 4.70. The third kappa shape index (κ3) is 3.29. The molecule has 0 bridgehead atoms. The predicted molar refractivity (Wildman–Crippen MR) is 64.6 cm³/mol. The Balaban J connectivity index is 1.78. The second-order valence-electron chi connectivity index (χ2n) is 4.66. The maximum absolute atomic E-state index is 11.9. The molecule has 0 unspecified atom stereocenters. The standard InChI is InChI=1S/C11H17NO5S/c13-10(8-1-2-9(17-8)11(14)15)12-7-3-5-18(16)6-4-7/h7-9H,1-6H2,(H,12,13)(H,14,15)/t7?,8-,9+,18?/m0/s1. The quantitative estimate of drug-likeness (QED) is 0.734. The average Bonchev–Trinajstić information content (AvgIpc) is 2.81. The summed E-state index contributed by atoms with van der Waals surface area (Å²) < 4.78 is 16.4. The predicted octanol–water partition coefficient (Wildman–Crippen LogP) is -0.354. The van der Waals surface area contributed by atoms with Crippen LogP contribution in [0.25, 0.3) is 0 Å². The van der Waals surface area contributed by atoms with E-state index in [0.717, 1.165) is 0 Å². The molecule has 0 aliphatic carbocycles. The van der Waals surface area contributed by atoms with Gasteiger partial charge in [0.05, 0.1) is 0 Å². The molecule has 0 spiro atoms. The highest BCUT2D eigenvalue weighted by Crippen LogP contribution is 2.20. The van der Waals surface area contributed by atoms with E-state index in [1.165, 1.54) is 0 Å². The zero-order valence-electron chi connectivity index (χ0n) is 9.96. The van der Waals surface area contributed by atoms with Crippen LogP contribution >= 0.6 is 0 Å². The lowest BCUT2D eigenvalue weighted by molar-refractivity contribution is -0.151. The third-order valence-electron chi connectivity index (χ3n) is 3.32. The van der Waals surface area contributed by atoms with E-state index in [1.807, 2.05) is 0 Å². The Labute approximate surface area is 108 Å². The van der Waals surface area contributed by atoms with Crippen LogP contribution in [0.3, 0.4) is 0 Å². The Bertz CT molecular complexity index is 362. The van der Waals surface area contributed by atoms with E-state index in [4.69, 9.17) is 9.84 Å². The van der Waals surface area contributed by atoms with Gasteiger partial charge in [0.25, 0.3) is 0 Å². The van der Waals surface area contributed by atoms with Crippen molar-refractivity contribution in [3.05, 3.63) is 0 Å². The maximum atomic E-state index is 11.9. The topological polar surface area (TPSA) is 92.7 Å². The van der Waals surface area contributed by atoms with Crippen molar-refractivity contribution in [1.29, 1.82) is 0 Å². The van der Waals surface area contributed by atoms with E-state index in [1.54, 1.807) is 0 Å². The monoisotopic (exact) mass is 275 g/mol. The molecule has 1 amide bonds. The van der Waals surface area contributed by atoms with Gasteiger partial charge in [0.2, 0.25) is 5.91 Å². The number of aliphatic carboxylic acids is 1. The van der Waals surface area contributed by atoms with E-state index in [2.05, 4.69) is 5.32 Å². The molecule has 0 aromatic carbocycles. The van der Waals surface area contributed by atoms with E-state index < -0.39 is 29.0 Å². The second-order valence-corrected chi connectivity index (χ2v) is 6.36. The van der Waals surface area contributed by atoms with E-state index >= 15 is 0 Å². The van der Waals surface area contributed by atoms with Gasteiger partial charge in [0.15, 0.2) is 6.10 Å². The van der Waals surface area contributed by atoms with E-state index in [-0.39, 0.29) is 11.9 Å². The molecule has 0 radical (unpaired) electrons. The Kier molecular flexibility index (Phi) is 4.34. The largest absolute Gasteiger partial charge is 0.479 e. The Hall–Kier alpha value is -0.950. The summed E-state index contributed by atoms with van der Waals surface area (Å²) in [4.78, 5) is 22.6. The average molecular weight is 275 g/mol. The second kappa shape index (κ2) is 5.79. The van der Waals surface area contributed by atoms with Gasteiger partial charge < -0.3 is 15.2 Å². The molecule has 2 N–H and O–H groups in total. The molecule has 18 heavy (non-hydrogen) atoms. The molecule has 0 aromatic heterocycles. The van der Waals surface area contributed by atoms with Crippen LogP contribution in [-0.4, -0.2) is 50.9 Å². The lowest BCUT2D eigenvalue weighted by Gasteiger charge is -2.24. The Morgan fingerprint density at radius 3 is 2.28 bits per heavy atom. The van der Waals surface area contributed by atoms with Crippen molar-refractivity contribution in [2.24, 2.45) is 0 Å². The highest BCUT2D eigenvalue weighted by atomic mass is 32.2. The Morgan fingerprint density at radius 1 is 1.11 bits per heavy atom. The number of ether oxygens (including phenoxy) is 1. The summed E-state index contributed by atoms with van der Waals surface area (Å²) in [6.07, 6.45) is 0.739. The smallest absolute Gasteiger partial charge is 0.332 e. The van der Waals surface area contributed by atoms with Crippen LogP contribution in [-0.2, 0) is 25.1 Å². The van der Waals surface area contributed by atoms with Crippen LogP contribution in [0.4, 0.5) is 0 Å². The molecular weight excluding hydrogens is 258 g/mol. The number of carboxylic acid groups (broad SMARTS) is 1. The SMILES string of the molecule is O=C(NC1CCS(=O)CC1)[C@@H]1CC[C@H](C(=O)O)O1. The lowest BCUT2D eigenvalue weighted by Crippen LogP contribution is -2.44. The number of rotatable bonds is 3. The summed E-state index contributed by atoms with van der Waals surface area (Å²) in [5.41, 5.74) is 0. The summed E-state index contributed by atoms with van der Waals surface area (Å²) in [5, 5.41) is 11.6. The molecule has 2 saturated heterocycles. The van der Waals surface area contributed by atoms with Gasteiger partial charge in [0, 0.05) is 28.3 Å². The minimum atomic E-state index is -1.02. The summed E-state index contributed by atoms with van der Waals surface area (Å²) in [7, 11) is -0.750. The molecule has 0 saturated carbocycles. The summed E-state index contributed by atoms with van der Waals surface area (Å²) in [5.74, 6) is -0.0163. The number of hydrogen-bond donors (Lipinski definition) is 2. The maximum Gasteiger partial charge on any atom is 0.332 e. The zero-order chi connectivity index (χ0) is 13.1. The van der Waals surface area contributed by atoms with Crippen LogP contribution in [0.5, 0.6) is 0 Å². The minimum absolute atomic E-state index is 0.0441. The van der Waals surface area contributed by atoms with Crippen molar-refractivity contribution < 1.29 is 23.6 Å². The fourth-order valence-electron chi connectivity index (χ4n) is 2.24. The Morgan fingerprint density at radius 2 is 1.72 bits per heavy atom. The van der Waals surface area contributed by atoms with Crippen LogP contribution in [0.2, 0.25) is 0 Å². The minimum Gasteiger partial charge on any atom is -0.479 e. The van der Waals surface area contributed by atoms with Gasteiger partial charge in [-0.2, -0.15) is 0 Å². The summed E-state index contributed by atoms with van der Waals surface area (Å²) >= 11 is 0. The first kappa shape index (κ1) is 13.5. The van der Waals surface area contributed by atoms with Crippen LogP contribution in [0.15, 0.2) is 0 Å². The molecule has 102 valence electrons. The van der Waals surface area contributed by atoms with Crippen molar-refractivity contribution in [3.63, 3.8) is 0 Å². The first-order chi connectivity index (χ1) is 8.56. The molecule has 6 nitrogen and oxygen atoms in total. The lowest BCUT2D eigenvalue weighted by atomic mass is 10.1. The van der Waals surface area contributed by atoms with Crippen molar-refractivity contribution in [1.82, 2.24) is 5.32 Å². The van der Waals surface area contributed by atoms with Crippen molar-refractivity contribution >= 4 is 22.7 Å². The first-order valence-corrected chi connectivity index (χ1v) is 7.58. The van der Waals surface area contributed by atoms with Crippen LogP contribution in [0, 0.1) is 0 Å². The molecule has 2 aliphatic rings. The molecule has 2 rings (SSSR count). The van der Waals surface area contributed by atoms with Gasteiger partial charge in [-0.15, -0.1) is 0 Å². The van der Waals surface area contributed by atoms with Crippen LogP contribution in [0.1, 0.15) is 25.7 Å². The van der Waals surface area contributed by atoms with Crippen molar-refractivity contribution in [2.75, 3.05) is 11.5 Å². The van der Waals surface area contributed by atoms with Crippen molar-refractivity contribution in [2.45, 2.75) is 43.9 Å². The molecule has 7 heteroatoms. The number of amides is 1. The first-order valence-electron chi connectivity index (χ1n) is 6.10. The normalized spacial score (nSPS) is 36.2. The van der Waals surface area contributed by atoms with Gasteiger partial charge in [-0.3, -0.25) is 9.00 Å². The number of carboxylic acids is 1. The molecular formula is C11H17NO5S. The number of carbonyl (C=O) groups is 2. The number of carbonyl (C=O) groups excluding carboxylic acids is 1. The number of hydrogen-bond acceptors (Lipinski definition) is 4. The molecule has 2 heterocycles.